The first-order chi connectivity index (χ1) is 11.5. The molecule has 2 unspecified atom stereocenters. The third-order valence-corrected chi connectivity index (χ3v) is 4.44. The standard InChI is InChI=1S/C18H36N4O2/c1-5-20-18(21-10-9-16(14(3)4)24-6-2)22-11-7-8-15(13-22)12-17(19)23/h14-16H,5-13H2,1-4H3,(H2,19,23)(H,20,21). The Hall–Kier alpha value is -1.30. The molecule has 1 aliphatic rings. The van der Waals surface area contributed by atoms with Crippen LogP contribution in [-0.4, -0.2) is 55.7 Å². The number of nitrogens with one attached hydrogen (secondary N) is 1. The van der Waals surface area contributed by atoms with Crippen molar-refractivity contribution in [3.8, 4) is 0 Å². The van der Waals surface area contributed by atoms with Gasteiger partial charge in [-0.1, -0.05) is 13.8 Å². The molecule has 2 atom stereocenters. The molecule has 0 spiro atoms. The topological polar surface area (TPSA) is 80.0 Å². The van der Waals surface area contributed by atoms with E-state index in [0.29, 0.717) is 18.3 Å². The fraction of sp³-hybridized carbons (Fsp3) is 0.889. The van der Waals surface area contributed by atoms with Crippen LogP contribution in [0.25, 0.3) is 0 Å². The minimum Gasteiger partial charge on any atom is -0.378 e. The number of hydrogen-bond donors (Lipinski definition) is 2. The number of nitrogens with zero attached hydrogens (tertiary/aromatic N) is 2. The fourth-order valence-corrected chi connectivity index (χ4v) is 3.26. The molecule has 1 fully saturated rings. The Morgan fingerprint density at radius 1 is 1.42 bits per heavy atom. The van der Waals surface area contributed by atoms with E-state index >= 15 is 0 Å². The molecule has 140 valence electrons. The van der Waals surface area contributed by atoms with Crippen LogP contribution in [0.2, 0.25) is 0 Å². The van der Waals surface area contributed by atoms with E-state index in [1.807, 2.05) is 6.92 Å². The van der Waals surface area contributed by atoms with Gasteiger partial charge in [0.2, 0.25) is 5.91 Å². The number of hydrogen-bond acceptors (Lipinski definition) is 3. The third-order valence-electron chi connectivity index (χ3n) is 4.44. The zero-order chi connectivity index (χ0) is 17.9. The number of primary amides is 1. The van der Waals surface area contributed by atoms with Gasteiger partial charge in [0, 0.05) is 39.2 Å². The van der Waals surface area contributed by atoms with Gasteiger partial charge < -0.3 is 20.7 Å². The summed E-state index contributed by atoms with van der Waals surface area (Å²) in [5, 5.41) is 3.38. The number of nitrogens with two attached hydrogens (primary N) is 1. The van der Waals surface area contributed by atoms with Gasteiger partial charge in [-0.2, -0.15) is 0 Å². The van der Waals surface area contributed by atoms with Crippen molar-refractivity contribution in [3.05, 3.63) is 0 Å². The van der Waals surface area contributed by atoms with Crippen molar-refractivity contribution < 1.29 is 9.53 Å². The smallest absolute Gasteiger partial charge is 0.217 e. The van der Waals surface area contributed by atoms with Gasteiger partial charge in [0.1, 0.15) is 0 Å². The molecule has 0 saturated carbocycles. The molecule has 1 rings (SSSR count). The van der Waals surface area contributed by atoms with E-state index in [1.165, 1.54) is 0 Å². The number of guanidine groups is 1. The van der Waals surface area contributed by atoms with Crippen molar-refractivity contribution in [1.29, 1.82) is 0 Å². The molecule has 24 heavy (non-hydrogen) atoms. The molecular weight excluding hydrogens is 304 g/mol. The van der Waals surface area contributed by atoms with Crippen LogP contribution < -0.4 is 11.1 Å². The van der Waals surface area contributed by atoms with Crippen molar-refractivity contribution in [2.24, 2.45) is 22.6 Å². The van der Waals surface area contributed by atoms with Crippen LogP contribution in [0.3, 0.4) is 0 Å². The molecule has 6 nitrogen and oxygen atoms in total. The maximum absolute atomic E-state index is 11.2. The quantitative estimate of drug-likeness (QED) is 0.497. The first-order valence-electron chi connectivity index (χ1n) is 9.41. The highest BCUT2D eigenvalue weighted by molar-refractivity contribution is 5.80. The summed E-state index contributed by atoms with van der Waals surface area (Å²) in [5.41, 5.74) is 5.36. The highest BCUT2D eigenvalue weighted by Gasteiger charge is 2.23. The van der Waals surface area contributed by atoms with Crippen LogP contribution in [0.1, 0.15) is 53.4 Å². The zero-order valence-corrected chi connectivity index (χ0v) is 15.9. The van der Waals surface area contributed by atoms with Crippen molar-refractivity contribution in [2.45, 2.75) is 59.5 Å². The lowest BCUT2D eigenvalue weighted by Gasteiger charge is -2.34. The number of rotatable bonds is 9. The molecule has 0 aliphatic carbocycles. The third kappa shape index (κ3) is 7.51. The predicted octanol–water partition coefficient (Wildman–Crippen LogP) is 1.99. The minimum atomic E-state index is -0.208. The Morgan fingerprint density at radius 3 is 2.75 bits per heavy atom. The van der Waals surface area contributed by atoms with Crippen LogP contribution in [0.15, 0.2) is 4.99 Å². The van der Waals surface area contributed by atoms with E-state index in [9.17, 15) is 4.79 Å². The molecule has 3 N–H and O–H groups in total. The van der Waals surface area contributed by atoms with Gasteiger partial charge in [0.05, 0.1) is 6.10 Å². The van der Waals surface area contributed by atoms with Crippen LogP contribution in [0, 0.1) is 11.8 Å². The van der Waals surface area contributed by atoms with Crippen molar-refractivity contribution in [2.75, 3.05) is 32.8 Å². The van der Waals surface area contributed by atoms with Crippen LogP contribution in [0.5, 0.6) is 0 Å². The van der Waals surface area contributed by atoms with Gasteiger partial charge in [-0.25, -0.2) is 0 Å². The highest BCUT2D eigenvalue weighted by Crippen LogP contribution is 2.19. The Bertz CT molecular complexity index is 398. The van der Waals surface area contributed by atoms with Crippen molar-refractivity contribution in [3.63, 3.8) is 0 Å². The lowest BCUT2D eigenvalue weighted by molar-refractivity contribution is -0.119. The normalized spacial score (nSPS) is 20.3. The Labute approximate surface area is 147 Å². The van der Waals surface area contributed by atoms with E-state index in [1.54, 1.807) is 0 Å². The maximum Gasteiger partial charge on any atom is 0.217 e. The summed E-state index contributed by atoms with van der Waals surface area (Å²) in [6.45, 7) is 12.7. The average Bonchev–Trinajstić information content (AvgIpc) is 2.52. The highest BCUT2D eigenvalue weighted by atomic mass is 16.5. The first kappa shape index (κ1) is 20.7. The second-order valence-corrected chi connectivity index (χ2v) is 6.89. The lowest BCUT2D eigenvalue weighted by atomic mass is 9.95. The zero-order valence-electron chi connectivity index (χ0n) is 15.9. The second-order valence-electron chi connectivity index (χ2n) is 6.89. The summed E-state index contributed by atoms with van der Waals surface area (Å²) in [7, 11) is 0. The predicted molar refractivity (Wildman–Crippen MR) is 99.0 cm³/mol. The molecule has 0 aromatic heterocycles. The average molecular weight is 341 g/mol. The number of carbonyl (C=O) groups excluding carboxylic acids is 1. The van der Waals surface area contributed by atoms with Gasteiger partial charge in [-0.05, 0) is 44.9 Å². The number of carbonyl (C=O) groups is 1. The SMILES string of the molecule is CCNC(=NCCC(OCC)C(C)C)N1CCCC(CC(N)=O)C1. The van der Waals surface area contributed by atoms with Crippen molar-refractivity contribution >= 4 is 11.9 Å². The van der Waals surface area contributed by atoms with E-state index in [0.717, 1.165) is 58.0 Å². The molecule has 1 aliphatic heterocycles. The monoisotopic (exact) mass is 340 g/mol. The number of aliphatic imine (C=N–C) groups is 1. The molecule has 0 radical (unpaired) electrons. The molecule has 1 amide bonds. The maximum atomic E-state index is 11.2. The van der Waals surface area contributed by atoms with E-state index in [2.05, 4.69) is 31.0 Å². The van der Waals surface area contributed by atoms with Gasteiger partial charge in [0.25, 0.3) is 0 Å². The molecule has 0 aromatic rings. The van der Waals surface area contributed by atoms with Gasteiger partial charge in [-0.15, -0.1) is 0 Å². The molecular formula is C18H36N4O2. The molecule has 0 aromatic carbocycles. The van der Waals surface area contributed by atoms with Crippen LogP contribution in [-0.2, 0) is 9.53 Å². The van der Waals surface area contributed by atoms with Crippen molar-refractivity contribution in [1.82, 2.24) is 10.2 Å². The van der Waals surface area contributed by atoms with Crippen LogP contribution in [0.4, 0.5) is 0 Å². The molecule has 0 bridgehead atoms. The second kappa shape index (κ2) is 11.3. The number of amides is 1. The van der Waals surface area contributed by atoms with Gasteiger partial charge in [0.15, 0.2) is 5.96 Å². The first-order valence-corrected chi connectivity index (χ1v) is 9.41. The fourth-order valence-electron chi connectivity index (χ4n) is 3.26. The molecule has 1 heterocycles. The lowest BCUT2D eigenvalue weighted by Crippen LogP contribution is -2.47. The van der Waals surface area contributed by atoms with E-state index < -0.39 is 0 Å². The number of ether oxygens (including phenoxy) is 1. The summed E-state index contributed by atoms with van der Waals surface area (Å²) < 4.78 is 5.80. The largest absolute Gasteiger partial charge is 0.378 e. The summed E-state index contributed by atoms with van der Waals surface area (Å²) in [6.07, 6.45) is 3.80. The number of piperidine rings is 1. The molecule has 1 saturated heterocycles. The summed E-state index contributed by atoms with van der Waals surface area (Å²) in [4.78, 5) is 18.2. The Balaban J connectivity index is 2.62. The van der Waals surface area contributed by atoms with E-state index in [4.69, 9.17) is 15.5 Å². The molecule has 6 heteroatoms. The Morgan fingerprint density at radius 2 is 2.17 bits per heavy atom. The van der Waals surface area contributed by atoms with Gasteiger partial charge >= 0.3 is 0 Å². The van der Waals surface area contributed by atoms with Gasteiger partial charge in [-0.3, -0.25) is 9.79 Å². The summed E-state index contributed by atoms with van der Waals surface area (Å²) in [5.74, 6) is 1.58. The van der Waals surface area contributed by atoms with E-state index in [-0.39, 0.29) is 12.0 Å². The minimum absolute atomic E-state index is 0.208. The van der Waals surface area contributed by atoms with Crippen LogP contribution >= 0.6 is 0 Å². The number of likely N-dealkylation sites (tertiary alicyclic amines) is 1. The Kier molecular flexibility index (Phi) is 9.76. The summed E-state index contributed by atoms with van der Waals surface area (Å²) >= 11 is 0. The summed E-state index contributed by atoms with van der Waals surface area (Å²) in [6, 6.07) is 0.